The van der Waals surface area contributed by atoms with Crippen LogP contribution in [0.3, 0.4) is 0 Å². The molecule has 24 heavy (non-hydrogen) atoms. The molecule has 0 saturated carbocycles. The van der Waals surface area contributed by atoms with Crippen LogP contribution < -0.4 is 5.32 Å². The number of nitrogens with zero attached hydrogens (tertiary/aromatic N) is 1. The standard InChI is InChI=1S/C19H27ClN2O.ClH/c1-13(9-14-3-5-16(20)6-4-14)22(2)19(23)12-15-10-17-7-8-18(11-15)21-17;/h3-6,13,15,17-18,21H,7-12H2,1-2H3;1H. The predicted molar refractivity (Wildman–Crippen MR) is 102 cm³/mol. The van der Waals surface area contributed by atoms with Crippen LogP contribution in [0.15, 0.2) is 24.3 Å². The third kappa shape index (κ3) is 4.87. The molecular weight excluding hydrogens is 343 g/mol. The molecule has 1 aromatic rings. The molecule has 3 nitrogen and oxygen atoms in total. The van der Waals surface area contributed by atoms with Crippen LogP contribution >= 0.6 is 24.0 Å². The van der Waals surface area contributed by atoms with Crippen molar-refractivity contribution in [3.63, 3.8) is 0 Å². The Morgan fingerprint density at radius 3 is 2.42 bits per heavy atom. The lowest BCUT2D eigenvalue weighted by atomic mass is 9.89. The summed E-state index contributed by atoms with van der Waals surface area (Å²) in [6, 6.07) is 9.43. The maximum Gasteiger partial charge on any atom is 0.222 e. The van der Waals surface area contributed by atoms with E-state index in [1.807, 2.05) is 36.2 Å². The lowest BCUT2D eigenvalue weighted by molar-refractivity contribution is -0.132. The van der Waals surface area contributed by atoms with Gasteiger partial charge in [0, 0.05) is 36.6 Å². The minimum absolute atomic E-state index is 0. The Bertz CT molecular complexity index is 537. The first-order valence-corrected chi connectivity index (χ1v) is 9.15. The monoisotopic (exact) mass is 370 g/mol. The number of likely N-dealkylation sites (N-methyl/N-ethyl adjacent to an activating group) is 1. The molecule has 2 fully saturated rings. The molecule has 0 spiro atoms. The van der Waals surface area contributed by atoms with E-state index in [0.717, 1.165) is 11.4 Å². The van der Waals surface area contributed by atoms with E-state index in [9.17, 15) is 4.79 Å². The number of amides is 1. The number of carbonyl (C=O) groups excluding carboxylic acids is 1. The van der Waals surface area contributed by atoms with Crippen molar-refractivity contribution in [1.82, 2.24) is 10.2 Å². The van der Waals surface area contributed by atoms with Gasteiger partial charge in [0.1, 0.15) is 0 Å². The number of fused-ring (bicyclic) bond motifs is 2. The topological polar surface area (TPSA) is 32.3 Å². The summed E-state index contributed by atoms with van der Waals surface area (Å²) in [5, 5.41) is 4.40. The van der Waals surface area contributed by atoms with Crippen LogP contribution in [-0.2, 0) is 11.2 Å². The number of nitrogens with one attached hydrogen (secondary N) is 1. The van der Waals surface area contributed by atoms with E-state index >= 15 is 0 Å². The maximum absolute atomic E-state index is 12.6. The van der Waals surface area contributed by atoms with Crippen LogP contribution in [0.2, 0.25) is 5.02 Å². The second kappa shape index (κ2) is 8.55. The van der Waals surface area contributed by atoms with Gasteiger partial charge in [-0.3, -0.25) is 4.79 Å². The number of halogens is 2. The fraction of sp³-hybridized carbons (Fsp3) is 0.632. The highest BCUT2D eigenvalue weighted by molar-refractivity contribution is 6.30. The first kappa shape index (κ1) is 19.6. The quantitative estimate of drug-likeness (QED) is 0.846. The lowest BCUT2D eigenvalue weighted by Gasteiger charge is -2.31. The fourth-order valence-corrected chi connectivity index (χ4v) is 4.20. The smallest absolute Gasteiger partial charge is 0.222 e. The Morgan fingerprint density at radius 1 is 1.25 bits per heavy atom. The van der Waals surface area contributed by atoms with Crippen LogP contribution in [-0.4, -0.2) is 36.0 Å². The van der Waals surface area contributed by atoms with Crippen molar-refractivity contribution >= 4 is 29.9 Å². The summed E-state index contributed by atoms with van der Waals surface area (Å²) >= 11 is 5.93. The number of hydrogen-bond donors (Lipinski definition) is 1. The van der Waals surface area contributed by atoms with Crippen LogP contribution in [0.5, 0.6) is 0 Å². The SMILES string of the molecule is CC(Cc1ccc(Cl)cc1)N(C)C(=O)CC1CC2CCC(C1)N2.Cl. The molecule has 0 aromatic heterocycles. The van der Waals surface area contributed by atoms with Crippen molar-refractivity contribution in [3.8, 4) is 0 Å². The first-order valence-electron chi connectivity index (χ1n) is 8.77. The zero-order valence-corrected chi connectivity index (χ0v) is 16.1. The Balaban J connectivity index is 0.00000208. The zero-order chi connectivity index (χ0) is 16.4. The minimum Gasteiger partial charge on any atom is -0.343 e. The molecule has 0 aliphatic carbocycles. The van der Waals surface area contributed by atoms with Gasteiger partial charge in [-0.15, -0.1) is 12.4 Å². The molecule has 3 rings (SSSR count). The molecule has 2 aliphatic rings. The van der Waals surface area contributed by atoms with Crippen molar-refractivity contribution in [2.45, 2.75) is 63.6 Å². The van der Waals surface area contributed by atoms with E-state index in [2.05, 4.69) is 12.2 Å². The maximum atomic E-state index is 12.6. The molecule has 134 valence electrons. The van der Waals surface area contributed by atoms with Gasteiger partial charge in [-0.05, 0) is 62.6 Å². The van der Waals surface area contributed by atoms with E-state index < -0.39 is 0 Å². The summed E-state index contributed by atoms with van der Waals surface area (Å²) in [6.07, 6.45) is 6.49. The number of benzene rings is 1. The van der Waals surface area contributed by atoms with Gasteiger partial charge in [-0.2, -0.15) is 0 Å². The highest BCUT2D eigenvalue weighted by atomic mass is 35.5. The summed E-state index contributed by atoms with van der Waals surface area (Å²) in [5.74, 6) is 0.851. The van der Waals surface area contributed by atoms with E-state index in [1.165, 1.54) is 31.2 Å². The highest BCUT2D eigenvalue weighted by Gasteiger charge is 2.34. The molecular formula is C19H28Cl2N2O. The normalized spacial score (nSPS) is 26.5. The van der Waals surface area contributed by atoms with Gasteiger partial charge in [0.25, 0.3) is 0 Å². The van der Waals surface area contributed by atoms with Crippen LogP contribution in [0.4, 0.5) is 0 Å². The number of carbonyl (C=O) groups is 1. The molecule has 3 atom stereocenters. The summed E-state index contributed by atoms with van der Waals surface area (Å²) in [5.41, 5.74) is 1.22. The van der Waals surface area contributed by atoms with E-state index in [0.29, 0.717) is 24.4 Å². The van der Waals surface area contributed by atoms with Crippen molar-refractivity contribution in [2.75, 3.05) is 7.05 Å². The molecule has 2 aliphatic heterocycles. The lowest BCUT2D eigenvalue weighted by Crippen LogP contribution is -2.41. The van der Waals surface area contributed by atoms with Gasteiger partial charge >= 0.3 is 0 Å². The van der Waals surface area contributed by atoms with Crippen LogP contribution in [0.25, 0.3) is 0 Å². The van der Waals surface area contributed by atoms with Crippen molar-refractivity contribution in [1.29, 1.82) is 0 Å². The zero-order valence-electron chi connectivity index (χ0n) is 14.5. The van der Waals surface area contributed by atoms with Crippen molar-refractivity contribution in [2.24, 2.45) is 5.92 Å². The summed E-state index contributed by atoms with van der Waals surface area (Å²) in [7, 11) is 1.94. The molecule has 2 saturated heterocycles. The molecule has 2 heterocycles. The fourth-order valence-electron chi connectivity index (χ4n) is 4.08. The molecule has 2 bridgehead atoms. The van der Waals surface area contributed by atoms with Gasteiger partial charge in [-0.1, -0.05) is 23.7 Å². The van der Waals surface area contributed by atoms with E-state index in [-0.39, 0.29) is 24.4 Å². The van der Waals surface area contributed by atoms with Gasteiger partial charge < -0.3 is 10.2 Å². The van der Waals surface area contributed by atoms with Crippen molar-refractivity contribution < 1.29 is 4.79 Å². The Morgan fingerprint density at radius 2 is 1.83 bits per heavy atom. The molecule has 1 N–H and O–H groups in total. The molecule has 3 unspecified atom stereocenters. The molecule has 1 amide bonds. The average molecular weight is 371 g/mol. The van der Waals surface area contributed by atoms with Gasteiger partial charge in [0.2, 0.25) is 5.91 Å². The van der Waals surface area contributed by atoms with Crippen LogP contribution in [0.1, 0.15) is 44.6 Å². The number of piperidine rings is 1. The third-order valence-corrected chi connectivity index (χ3v) is 5.78. The van der Waals surface area contributed by atoms with E-state index in [1.54, 1.807) is 0 Å². The second-order valence-corrected chi connectivity index (χ2v) is 7.80. The van der Waals surface area contributed by atoms with Gasteiger partial charge in [0.05, 0.1) is 0 Å². The van der Waals surface area contributed by atoms with Crippen molar-refractivity contribution in [3.05, 3.63) is 34.9 Å². The third-order valence-electron chi connectivity index (χ3n) is 5.53. The Labute approximate surface area is 156 Å². The predicted octanol–water partition coefficient (Wildman–Crippen LogP) is 4.07. The summed E-state index contributed by atoms with van der Waals surface area (Å²) < 4.78 is 0. The largest absolute Gasteiger partial charge is 0.343 e. The number of rotatable bonds is 5. The minimum atomic E-state index is 0. The van der Waals surface area contributed by atoms with Gasteiger partial charge in [-0.25, -0.2) is 0 Å². The Kier molecular flexibility index (Phi) is 6.97. The number of hydrogen-bond acceptors (Lipinski definition) is 2. The molecule has 5 heteroatoms. The average Bonchev–Trinajstić information content (AvgIpc) is 2.87. The second-order valence-electron chi connectivity index (χ2n) is 7.36. The molecule has 0 radical (unpaired) electrons. The van der Waals surface area contributed by atoms with E-state index in [4.69, 9.17) is 11.6 Å². The Hall–Kier alpha value is -0.770. The van der Waals surface area contributed by atoms with Gasteiger partial charge in [0.15, 0.2) is 0 Å². The highest BCUT2D eigenvalue weighted by Crippen LogP contribution is 2.33. The summed E-state index contributed by atoms with van der Waals surface area (Å²) in [6.45, 7) is 2.12. The first-order chi connectivity index (χ1) is 11.0. The summed E-state index contributed by atoms with van der Waals surface area (Å²) in [4.78, 5) is 14.5. The van der Waals surface area contributed by atoms with Crippen LogP contribution in [0, 0.1) is 5.92 Å². The molecule has 1 aromatic carbocycles.